The number of carboxylic acids is 1. The number of likely N-dealkylation sites (tertiary alicyclic amines) is 1. The predicted octanol–water partition coefficient (Wildman–Crippen LogP) is 2.34. The van der Waals surface area contributed by atoms with Crippen LogP contribution in [-0.4, -0.2) is 85.3 Å². The van der Waals surface area contributed by atoms with E-state index in [1.165, 1.54) is 6.92 Å². The highest BCUT2D eigenvalue weighted by Crippen LogP contribution is 2.23. The summed E-state index contributed by atoms with van der Waals surface area (Å²) in [5.41, 5.74) is 4.20. The zero-order valence-corrected chi connectivity index (χ0v) is 22.9. The third kappa shape index (κ3) is 7.03. The van der Waals surface area contributed by atoms with E-state index in [2.05, 4.69) is 15.4 Å². The average molecular weight is 549 g/mol. The second kappa shape index (κ2) is 13.2. The van der Waals surface area contributed by atoms with E-state index in [0.29, 0.717) is 19.6 Å². The van der Waals surface area contributed by atoms with Crippen LogP contribution in [0, 0.1) is 0 Å². The molecule has 2 aromatic carbocycles. The molecule has 0 bridgehead atoms. The molecule has 0 radical (unpaired) electrons. The molecule has 1 fully saturated rings. The number of fused-ring (bicyclic) bond motifs is 1. The molecule has 1 aliphatic rings. The Balaban J connectivity index is 1.58. The number of aromatic amines is 1. The van der Waals surface area contributed by atoms with Gasteiger partial charge in [0.25, 0.3) is 5.91 Å². The minimum absolute atomic E-state index is 0.0143. The summed E-state index contributed by atoms with van der Waals surface area (Å²) in [4.78, 5) is 61.3. The number of hydrogen-bond donors (Lipinski definition) is 3. The molecule has 3 N–H and O–H groups in total. The minimum atomic E-state index is -1.25. The summed E-state index contributed by atoms with van der Waals surface area (Å²) in [6.45, 7) is 4.31. The summed E-state index contributed by atoms with van der Waals surface area (Å²) in [6.07, 6.45) is 5.14. The second-order valence-corrected chi connectivity index (χ2v) is 10.1. The molecule has 1 aromatic heterocycles. The number of carbonyl (C=O) groups is 4. The molecule has 3 aromatic rings. The van der Waals surface area contributed by atoms with Gasteiger partial charge in [0.2, 0.25) is 11.8 Å². The maximum Gasteiger partial charge on any atom is 0.328 e. The topological polar surface area (TPSA) is 139 Å². The fraction of sp³-hybridized carbons (Fsp3) is 0.414. The van der Waals surface area contributed by atoms with Gasteiger partial charge in [-0.2, -0.15) is 0 Å². The Morgan fingerprint density at radius 2 is 1.95 bits per heavy atom. The Morgan fingerprint density at radius 1 is 1.18 bits per heavy atom. The van der Waals surface area contributed by atoms with Gasteiger partial charge in [0.1, 0.15) is 6.04 Å². The van der Waals surface area contributed by atoms with Crippen LogP contribution in [0.4, 0.5) is 0 Å². The molecule has 1 saturated heterocycles. The van der Waals surface area contributed by atoms with Gasteiger partial charge in [-0.05, 0) is 36.1 Å². The molecule has 2 heterocycles. The van der Waals surface area contributed by atoms with E-state index in [1.54, 1.807) is 19.4 Å². The Labute approximate surface area is 233 Å². The number of benzene rings is 2. The van der Waals surface area contributed by atoms with E-state index in [0.717, 1.165) is 39.9 Å². The molecule has 0 saturated carbocycles. The Kier molecular flexibility index (Phi) is 9.49. The number of rotatable bonds is 11. The maximum atomic E-state index is 13.5. The van der Waals surface area contributed by atoms with E-state index >= 15 is 0 Å². The molecular weight excluding hydrogens is 512 g/mol. The number of hydrazine groups is 1. The third-order valence-electron chi connectivity index (χ3n) is 7.28. The van der Waals surface area contributed by atoms with Gasteiger partial charge in [0.15, 0.2) is 0 Å². The van der Waals surface area contributed by atoms with Crippen molar-refractivity contribution in [3.8, 4) is 0 Å². The third-order valence-corrected chi connectivity index (χ3v) is 7.28. The number of aromatic nitrogens is 2. The summed E-state index contributed by atoms with van der Waals surface area (Å²) in [7, 11) is 0. The largest absolute Gasteiger partial charge is 0.480 e. The first-order valence-corrected chi connectivity index (χ1v) is 13.6. The molecule has 3 amide bonds. The summed E-state index contributed by atoms with van der Waals surface area (Å²) < 4.78 is 0. The first-order valence-electron chi connectivity index (χ1n) is 13.6. The highest BCUT2D eigenvalue weighted by atomic mass is 16.4. The van der Waals surface area contributed by atoms with Gasteiger partial charge in [-0.15, -0.1) is 0 Å². The standard InChI is InChI=1S/C29H36N6O5/c1-3-26(36)32-35(20(2)29(39)40)28(38)18-33(16-22-10-6-9-21-8-4-5-12-25(21)22)17-24-11-7-13-34(24)27(37)14-23-15-30-19-31-23/h4-6,8-10,12,15,19-20,24H,3,7,11,13-14,16-18H2,1-2H3,(H,30,31)(H,32,36)(H,39,40)/t20-,24-/m0/s1. The number of carbonyl (C=O) groups excluding carboxylic acids is 3. The van der Waals surface area contributed by atoms with Gasteiger partial charge >= 0.3 is 5.97 Å². The summed E-state index contributed by atoms with van der Waals surface area (Å²) in [5.74, 6) is -2.23. The molecule has 11 heteroatoms. The van der Waals surface area contributed by atoms with Crippen LogP contribution in [0.3, 0.4) is 0 Å². The Hall–Kier alpha value is -4.25. The van der Waals surface area contributed by atoms with Gasteiger partial charge in [0, 0.05) is 44.0 Å². The summed E-state index contributed by atoms with van der Waals surface area (Å²) in [5, 5.41) is 12.6. The van der Waals surface area contributed by atoms with Crippen LogP contribution in [0.25, 0.3) is 10.8 Å². The van der Waals surface area contributed by atoms with Crippen molar-refractivity contribution in [3.63, 3.8) is 0 Å². The van der Waals surface area contributed by atoms with Crippen molar-refractivity contribution in [2.75, 3.05) is 19.6 Å². The molecule has 0 unspecified atom stereocenters. The van der Waals surface area contributed by atoms with Crippen LogP contribution < -0.4 is 5.43 Å². The lowest BCUT2D eigenvalue weighted by atomic mass is 10.0. The van der Waals surface area contributed by atoms with Crippen LogP contribution in [0.5, 0.6) is 0 Å². The fourth-order valence-electron chi connectivity index (χ4n) is 5.12. The van der Waals surface area contributed by atoms with E-state index in [9.17, 15) is 24.3 Å². The lowest BCUT2D eigenvalue weighted by Gasteiger charge is -2.33. The van der Waals surface area contributed by atoms with E-state index in [-0.39, 0.29) is 31.3 Å². The van der Waals surface area contributed by atoms with Gasteiger partial charge < -0.3 is 15.0 Å². The van der Waals surface area contributed by atoms with Gasteiger partial charge in [0.05, 0.1) is 19.3 Å². The number of amides is 3. The second-order valence-electron chi connectivity index (χ2n) is 10.1. The molecule has 4 rings (SSSR count). The number of aliphatic carboxylic acids is 1. The average Bonchev–Trinajstić information content (AvgIpc) is 3.63. The smallest absolute Gasteiger partial charge is 0.328 e. The molecule has 212 valence electrons. The number of nitrogens with one attached hydrogen (secondary N) is 2. The Morgan fingerprint density at radius 3 is 2.67 bits per heavy atom. The molecule has 0 aliphatic carbocycles. The normalized spacial score (nSPS) is 15.8. The SMILES string of the molecule is CCC(=O)NN(C(=O)CN(Cc1cccc2ccccc12)C[C@@H]1CCCN1C(=O)Cc1cnc[nH]1)[C@@H](C)C(=O)O. The molecule has 2 atom stereocenters. The van der Waals surface area contributed by atoms with Crippen LogP contribution >= 0.6 is 0 Å². The highest BCUT2D eigenvalue weighted by molar-refractivity contribution is 5.88. The molecule has 0 spiro atoms. The zero-order valence-electron chi connectivity index (χ0n) is 22.9. The van der Waals surface area contributed by atoms with E-state index in [1.807, 2.05) is 52.3 Å². The molecular formula is C29H36N6O5. The Bertz CT molecular complexity index is 1340. The number of H-pyrrole nitrogens is 1. The van der Waals surface area contributed by atoms with Gasteiger partial charge in [-0.3, -0.25) is 24.7 Å². The number of nitrogens with zero attached hydrogens (tertiary/aromatic N) is 4. The zero-order chi connectivity index (χ0) is 28.6. The minimum Gasteiger partial charge on any atom is -0.480 e. The van der Waals surface area contributed by atoms with Crippen molar-refractivity contribution in [2.45, 2.75) is 58.2 Å². The monoisotopic (exact) mass is 548 g/mol. The quantitative estimate of drug-likeness (QED) is 0.313. The first-order chi connectivity index (χ1) is 19.3. The lowest BCUT2D eigenvalue weighted by Crippen LogP contribution is -2.56. The maximum absolute atomic E-state index is 13.5. The summed E-state index contributed by atoms with van der Waals surface area (Å²) in [6, 6.07) is 12.6. The van der Waals surface area contributed by atoms with E-state index < -0.39 is 23.8 Å². The van der Waals surface area contributed by atoms with Crippen LogP contribution in [-0.2, 0) is 32.1 Å². The van der Waals surface area contributed by atoms with Crippen LogP contribution in [0.15, 0.2) is 55.0 Å². The summed E-state index contributed by atoms with van der Waals surface area (Å²) >= 11 is 0. The van der Waals surface area contributed by atoms with Gasteiger partial charge in [-0.1, -0.05) is 49.4 Å². The number of hydrogen-bond acceptors (Lipinski definition) is 6. The van der Waals surface area contributed by atoms with Crippen molar-refractivity contribution < 1.29 is 24.3 Å². The van der Waals surface area contributed by atoms with Crippen molar-refractivity contribution in [1.82, 2.24) is 30.2 Å². The van der Waals surface area contributed by atoms with Crippen LogP contribution in [0.1, 0.15) is 44.4 Å². The van der Waals surface area contributed by atoms with Crippen molar-refractivity contribution >= 4 is 34.5 Å². The van der Waals surface area contributed by atoms with E-state index in [4.69, 9.17) is 0 Å². The molecule has 11 nitrogen and oxygen atoms in total. The van der Waals surface area contributed by atoms with Crippen molar-refractivity contribution in [2.24, 2.45) is 0 Å². The number of imidazole rings is 1. The van der Waals surface area contributed by atoms with Gasteiger partial charge in [-0.25, -0.2) is 14.8 Å². The van der Waals surface area contributed by atoms with Crippen molar-refractivity contribution in [1.29, 1.82) is 0 Å². The fourth-order valence-corrected chi connectivity index (χ4v) is 5.12. The molecule has 1 aliphatic heterocycles. The van der Waals surface area contributed by atoms with Crippen LogP contribution in [0.2, 0.25) is 0 Å². The lowest BCUT2D eigenvalue weighted by molar-refractivity contribution is -0.156. The van der Waals surface area contributed by atoms with Crippen molar-refractivity contribution in [3.05, 3.63) is 66.2 Å². The molecule has 40 heavy (non-hydrogen) atoms. The number of carboxylic acid groups (broad SMARTS) is 1. The predicted molar refractivity (Wildman–Crippen MR) is 149 cm³/mol. The highest BCUT2D eigenvalue weighted by Gasteiger charge is 2.33. The first kappa shape index (κ1) is 28.8.